The Kier molecular flexibility index (Phi) is 3.41. The highest BCUT2D eigenvalue weighted by Crippen LogP contribution is 2.15. The van der Waals surface area contributed by atoms with E-state index in [-0.39, 0.29) is 6.54 Å². The van der Waals surface area contributed by atoms with Gasteiger partial charge in [0.05, 0.1) is 0 Å². The summed E-state index contributed by atoms with van der Waals surface area (Å²) in [4.78, 5) is 10.5. The number of nitrogens with two attached hydrogens (primary N) is 1. The van der Waals surface area contributed by atoms with Crippen LogP contribution in [0.1, 0.15) is 11.1 Å². The van der Waals surface area contributed by atoms with Crippen molar-refractivity contribution in [1.29, 1.82) is 0 Å². The van der Waals surface area contributed by atoms with Crippen molar-refractivity contribution >= 4 is 11.6 Å². The van der Waals surface area contributed by atoms with E-state index in [0.717, 1.165) is 5.56 Å². The molecule has 0 fully saturated rings. The normalized spacial score (nSPS) is 11.2. The van der Waals surface area contributed by atoms with Gasteiger partial charge in [0.15, 0.2) is 0 Å². The van der Waals surface area contributed by atoms with Gasteiger partial charge in [-0.2, -0.15) is 13.2 Å². The molecule has 3 nitrogen and oxygen atoms in total. The van der Waals surface area contributed by atoms with Gasteiger partial charge in [-0.3, -0.25) is 4.79 Å². The molecule has 0 atom stereocenters. The zero-order chi connectivity index (χ0) is 12.3. The van der Waals surface area contributed by atoms with Gasteiger partial charge >= 0.3 is 12.1 Å². The molecule has 1 aromatic carbocycles. The van der Waals surface area contributed by atoms with Gasteiger partial charge in [0, 0.05) is 12.2 Å². The van der Waals surface area contributed by atoms with Crippen molar-refractivity contribution < 1.29 is 18.0 Å². The summed E-state index contributed by atoms with van der Waals surface area (Å²) in [5.41, 5.74) is 7.34. The van der Waals surface area contributed by atoms with Crippen LogP contribution in [-0.4, -0.2) is 12.1 Å². The van der Waals surface area contributed by atoms with Crippen LogP contribution in [0, 0.1) is 6.92 Å². The number of halogens is 3. The number of carbonyl (C=O) groups excluding carboxylic acids is 1. The van der Waals surface area contributed by atoms with Crippen molar-refractivity contribution in [3.05, 3.63) is 29.3 Å². The smallest absolute Gasteiger partial charge is 0.399 e. The van der Waals surface area contributed by atoms with Gasteiger partial charge in [0.1, 0.15) is 0 Å². The molecule has 0 aliphatic carbocycles. The summed E-state index contributed by atoms with van der Waals surface area (Å²) in [6.07, 6.45) is -4.85. The molecule has 0 heterocycles. The lowest BCUT2D eigenvalue weighted by Crippen LogP contribution is -2.36. The van der Waals surface area contributed by atoms with E-state index in [2.05, 4.69) is 0 Å². The predicted molar refractivity (Wildman–Crippen MR) is 53.5 cm³/mol. The number of hydrogen-bond acceptors (Lipinski definition) is 2. The summed E-state index contributed by atoms with van der Waals surface area (Å²) >= 11 is 0. The third kappa shape index (κ3) is 3.45. The average molecular weight is 232 g/mol. The molecule has 0 radical (unpaired) electrons. The second-order valence-corrected chi connectivity index (χ2v) is 3.43. The largest absolute Gasteiger partial charge is 0.471 e. The Hall–Kier alpha value is -1.72. The van der Waals surface area contributed by atoms with Crippen molar-refractivity contribution in [1.82, 2.24) is 5.32 Å². The molecule has 0 saturated heterocycles. The number of rotatable bonds is 2. The van der Waals surface area contributed by atoms with Gasteiger partial charge in [-0.1, -0.05) is 6.07 Å². The minimum Gasteiger partial charge on any atom is -0.399 e. The van der Waals surface area contributed by atoms with E-state index < -0.39 is 12.1 Å². The molecule has 0 aliphatic heterocycles. The van der Waals surface area contributed by atoms with Crippen molar-refractivity contribution in [2.45, 2.75) is 19.6 Å². The molecule has 16 heavy (non-hydrogen) atoms. The molecule has 0 aromatic heterocycles. The first-order valence-electron chi connectivity index (χ1n) is 4.50. The number of nitrogen functional groups attached to an aromatic ring is 1. The number of alkyl halides is 3. The van der Waals surface area contributed by atoms with Crippen LogP contribution in [0.25, 0.3) is 0 Å². The molecule has 0 bridgehead atoms. The highest BCUT2D eigenvalue weighted by Gasteiger charge is 2.38. The van der Waals surface area contributed by atoms with Gasteiger partial charge < -0.3 is 11.1 Å². The molecule has 1 rings (SSSR count). The zero-order valence-electron chi connectivity index (χ0n) is 8.56. The average Bonchev–Trinajstić information content (AvgIpc) is 2.11. The van der Waals surface area contributed by atoms with E-state index in [1.807, 2.05) is 0 Å². The Morgan fingerprint density at radius 2 is 2.00 bits per heavy atom. The van der Waals surface area contributed by atoms with Gasteiger partial charge in [-0.15, -0.1) is 0 Å². The van der Waals surface area contributed by atoms with E-state index >= 15 is 0 Å². The second-order valence-electron chi connectivity index (χ2n) is 3.43. The molecule has 1 amide bonds. The van der Waals surface area contributed by atoms with Crippen LogP contribution < -0.4 is 11.1 Å². The standard InChI is InChI=1S/C10H11F3N2O/c1-6-2-7(4-8(14)3-6)5-15-9(16)10(11,12)13/h2-4H,5,14H2,1H3,(H,15,16). The van der Waals surface area contributed by atoms with E-state index in [1.54, 1.807) is 24.4 Å². The van der Waals surface area contributed by atoms with Crippen LogP contribution in [0.2, 0.25) is 0 Å². The van der Waals surface area contributed by atoms with Gasteiger partial charge in [0.25, 0.3) is 0 Å². The Morgan fingerprint density at radius 1 is 1.38 bits per heavy atom. The summed E-state index contributed by atoms with van der Waals surface area (Å²) in [5.74, 6) is -1.95. The maximum atomic E-state index is 11.9. The summed E-state index contributed by atoms with van der Waals surface area (Å²) in [6, 6.07) is 4.87. The zero-order valence-corrected chi connectivity index (χ0v) is 8.56. The molecule has 1 aromatic rings. The molecule has 0 unspecified atom stereocenters. The minimum absolute atomic E-state index is 0.190. The first-order chi connectivity index (χ1) is 7.29. The third-order valence-corrected chi connectivity index (χ3v) is 1.87. The van der Waals surface area contributed by atoms with E-state index in [0.29, 0.717) is 11.3 Å². The molecular formula is C10H11F3N2O. The summed E-state index contributed by atoms with van der Waals surface area (Å²) < 4.78 is 35.6. The Bertz CT molecular complexity index is 381. The van der Waals surface area contributed by atoms with Crippen LogP contribution in [0.4, 0.5) is 18.9 Å². The fourth-order valence-electron chi connectivity index (χ4n) is 1.28. The summed E-state index contributed by atoms with van der Waals surface area (Å²) in [7, 11) is 0. The second kappa shape index (κ2) is 4.42. The maximum Gasteiger partial charge on any atom is 0.471 e. The van der Waals surface area contributed by atoms with Crippen molar-refractivity contribution in [2.75, 3.05) is 5.73 Å². The maximum absolute atomic E-state index is 11.9. The molecule has 6 heteroatoms. The van der Waals surface area contributed by atoms with Crippen molar-refractivity contribution in [2.24, 2.45) is 0 Å². The molecule has 3 N–H and O–H groups in total. The molecular weight excluding hydrogens is 221 g/mol. The van der Waals surface area contributed by atoms with E-state index in [1.165, 1.54) is 6.07 Å². The number of amides is 1. The number of hydrogen-bond donors (Lipinski definition) is 2. The number of aryl methyl sites for hydroxylation is 1. The molecule has 0 spiro atoms. The number of benzene rings is 1. The van der Waals surface area contributed by atoms with Gasteiger partial charge in [0.2, 0.25) is 0 Å². The van der Waals surface area contributed by atoms with Gasteiger partial charge in [-0.25, -0.2) is 0 Å². The number of anilines is 1. The fourth-order valence-corrected chi connectivity index (χ4v) is 1.28. The lowest BCUT2D eigenvalue weighted by molar-refractivity contribution is -0.173. The Balaban J connectivity index is 2.65. The lowest BCUT2D eigenvalue weighted by Gasteiger charge is -2.09. The summed E-state index contributed by atoms with van der Waals surface area (Å²) in [5, 5.41) is 1.77. The number of carbonyl (C=O) groups is 1. The first kappa shape index (κ1) is 12.4. The third-order valence-electron chi connectivity index (χ3n) is 1.87. The predicted octanol–water partition coefficient (Wildman–Crippen LogP) is 1.76. The molecule has 0 saturated carbocycles. The van der Waals surface area contributed by atoms with Crippen molar-refractivity contribution in [3.8, 4) is 0 Å². The van der Waals surface area contributed by atoms with E-state index in [4.69, 9.17) is 5.73 Å². The first-order valence-corrected chi connectivity index (χ1v) is 4.50. The summed E-state index contributed by atoms with van der Waals surface area (Å²) in [6.45, 7) is 1.58. The quantitative estimate of drug-likeness (QED) is 0.763. The SMILES string of the molecule is Cc1cc(N)cc(CNC(=O)C(F)(F)F)c1. The van der Waals surface area contributed by atoms with Crippen LogP contribution in [0.5, 0.6) is 0 Å². The van der Waals surface area contributed by atoms with Crippen LogP contribution in [0.15, 0.2) is 18.2 Å². The lowest BCUT2D eigenvalue weighted by atomic mass is 10.1. The van der Waals surface area contributed by atoms with Crippen LogP contribution in [0.3, 0.4) is 0 Å². The molecule has 0 aliphatic rings. The van der Waals surface area contributed by atoms with Crippen molar-refractivity contribution in [3.63, 3.8) is 0 Å². The van der Waals surface area contributed by atoms with Crippen LogP contribution >= 0.6 is 0 Å². The monoisotopic (exact) mass is 232 g/mol. The van der Waals surface area contributed by atoms with E-state index in [9.17, 15) is 18.0 Å². The van der Waals surface area contributed by atoms with Crippen LogP contribution in [-0.2, 0) is 11.3 Å². The van der Waals surface area contributed by atoms with Gasteiger partial charge in [-0.05, 0) is 30.2 Å². The Morgan fingerprint density at radius 3 is 2.50 bits per heavy atom. The minimum atomic E-state index is -4.85. The topological polar surface area (TPSA) is 55.1 Å². The molecule has 88 valence electrons. The fraction of sp³-hybridized carbons (Fsp3) is 0.300. The highest BCUT2D eigenvalue weighted by molar-refractivity contribution is 5.81. The Labute approximate surface area is 90.4 Å². The number of nitrogens with one attached hydrogen (secondary N) is 1. The highest BCUT2D eigenvalue weighted by atomic mass is 19.4.